The van der Waals surface area contributed by atoms with Crippen molar-refractivity contribution in [3.05, 3.63) is 47.8 Å². The smallest absolute Gasteiger partial charge is 0.303 e. The van der Waals surface area contributed by atoms with E-state index in [2.05, 4.69) is 5.11 Å². The van der Waals surface area contributed by atoms with E-state index >= 15 is 0 Å². The topological polar surface area (TPSA) is 144 Å². The van der Waals surface area contributed by atoms with Crippen molar-refractivity contribution in [2.45, 2.75) is 46.0 Å². The molecule has 0 radical (unpaired) electrons. The van der Waals surface area contributed by atoms with Crippen LogP contribution in [0.3, 0.4) is 0 Å². The molecule has 1 aromatic carbocycles. The Labute approximate surface area is 178 Å². The van der Waals surface area contributed by atoms with Crippen molar-refractivity contribution in [1.29, 1.82) is 0 Å². The molecule has 0 fully saturated rings. The van der Waals surface area contributed by atoms with Crippen LogP contribution in [0.1, 0.15) is 27.7 Å². The lowest BCUT2D eigenvalue weighted by Gasteiger charge is -2.30. The SMILES string of the molecule is CC(=O)OCC(OC(C)=O)C(OC(C)=O)C(/C=C/N=[N+]([O-])c1ccccc1)OC(C)=O. The lowest BCUT2D eigenvalue weighted by atomic mass is 10.1. The van der Waals surface area contributed by atoms with Crippen molar-refractivity contribution in [2.75, 3.05) is 6.61 Å². The molecule has 0 saturated carbocycles. The van der Waals surface area contributed by atoms with Gasteiger partial charge in [0.05, 0.1) is 6.20 Å². The van der Waals surface area contributed by atoms with E-state index in [-0.39, 0.29) is 5.69 Å². The number of rotatable bonds is 10. The molecule has 0 aliphatic carbocycles. The molecule has 0 aliphatic rings. The molecule has 0 bridgehead atoms. The van der Waals surface area contributed by atoms with Gasteiger partial charge in [0.2, 0.25) is 5.69 Å². The molecule has 11 heteroatoms. The maximum atomic E-state index is 12.0. The number of nitrogens with zero attached hydrogens (tertiary/aromatic N) is 2. The highest BCUT2D eigenvalue weighted by molar-refractivity contribution is 5.69. The first-order chi connectivity index (χ1) is 14.6. The third kappa shape index (κ3) is 10.0. The fourth-order valence-corrected chi connectivity index (χ4v) is 2.37. The van der Waals surface area contributed by atoms with Crippen molar-refractivity contribution in [3.8, 4) is 0 Å². The Morgan fingerprint density at radius 2 is 1.52 bits per heavy atom. The van der Waals surface area contributed by atoms with E-state index < -0.39 is 48.8 Å². The van der Waals surface area contributed by atoms with Gasteiger partial charge in [-0.2, -0.15) is 0 Å². The molecular weight excluding hydrogens is 412 g/mol. The van der Waals surface area contributed by atoms with Crippen LogP contribution in [0.2, 0.25) is 0 Å². The normalized spacial score (nSPS) is 14.3. The summed E-state index contributed by atoms with van der Waals surface area (Å²) in [5.41, 5.74) is 0.250. The van der Waals surface area contributed by atoms with Crippen molar-refractivity contribution in [2.24, 2.45) is 5.11 Å². The quantitative estimate of drug-likeness (QED) is 0.177. The molecule has 3 atom stereocenters. The summed E-state index contributed by atoms with van der Waals surface area (Å²) in [4.78, 5) is 46.2. The molecule has 0 N–H and O–H groups in total. The molecule has 31 heavy (non-hydrogen) atoms. The summed E-state index contributed by atoms with van der Waals surface area (Å²) in [6.07, 6.45) is -1.77. The molecule has 1 aromatic rings. The Morgan fingerprint density at radius 1 is 0.935 bits per heavy atom. The molecule has 168 valence electrons. The van der Waals surface area contributed by atoms with Gasteiger partial charge in [-0.1, -0.05) is 23.1 Å². The Kier molecular flexibility index (Phi) is 10.4. The van der Waals surface area contributed by atoms with Crippen molar-refractivity contribution in [3.63, 3.8) is 0 Å². The molecule has 3 unspecified atom stereocenters. The predicted octanol–water partition coefficient (Wildman–Crippen LogP) is 2.15. The van der Waals surface area contributed by atoms with Crippen LogP contribution in [0.25, 0.3) is 0 Å². The van der Waals surface area contributed by atoms with E-state index in [0.717, 1.165) is 33.9 Å². The van der Waals surface area contributed by atoms with E-state index in [0.29, 0.717) is 4.86 Å². The average Bonchev–Trinajstić information content (AvgIpc) is 2.68. The maximum absolute atomic E-state index is 12.0. The van der Waals surface area contributed by atoms with E-state index in [9.17, 15) is 24.4 Å². The average molecular weight is 436 g/mol. The van der Waals surface area contributed by atoms with Gasteiger partial charge in [-0.3, -0.25) is 19.2 Å². The van der Waals surface area contributed by atoms with E-state index in [1.54, 1.807) is 18.2 Å². The highest BCUT2D eigenvalue weighted by Crippen LogP contribution is 2.17. The molecule has 1 rings (SSSR count). The molecule has 0 saturated heterocycles. The molecule has 0 aromatic heterocycles. The van der Waals surface area contributed by atoms with Crippen LogP contribution < -0.4 is 0 Å². The number of azo groups is 1. The predicted molar refractivity (Wildman–Crippen MR) is 105 cm³/mol. The number of ether oxygens (including phenoxy) is 4. The van der Waals surface area contributed by atoms with Crippen LogP contribution in [0.4, 0.5) is 5.69 Å². The first-order valence-corrected chi connectivity index (χ1v) is 9.15. The second kappa shape index (κ2) is 12.7. The summed E-state index contributed by atoms with van der Waals surface area (Å²) in [5.74, 6) is -2.94. The number of esters is 4. The zero-order valence-corrected chi connectivity index (χ0v) is 17.5. The first-order valence-electron chi connectivity index (χ1n) is 9.15. The highest BCUT2D eigenvalue weighted by Gasteiger charge is 2.36. The monoisotopic (exact) mass is 436 g/mol. The number of carbonyl (C=O) groups is 4. The van der Waals surface area contributed by atoms with Crippen LogP contribution in [-0.2, 0) is 38.1 Å². The van der Waals surface area contributed by atoms with Gasteiger partial charge >= 0.3 is 23.9 Å². The van der Waals surface area contributed by atoms with Crippen molar-refractivity contribution in [1.82, 2.24) is 0 Å². The summed E-state index contributed by atoms with van der Waals surface area (Å²) in [7, 11) is 0. The Morgan fingerprint density at radius 3 is 2.03 bits per heavy atom. The maximum Gasteiger partial charge on any atom is 0.303 e. The van der Waals surface area contributed by atoms with Gasteiger partial charge in [0.15, 0.2) is 18.3 Å². The van der Waals surface area contributed by atoms with Crippen LogP contribution >= 0.6 is 0 Å². The fourth-order valence-electron chi connectivity index (χ4n) is 2.37. The summed E-state index contributed by atoms with van der Waals surface area (Å²) in [6.45, 7) is 3.98. The van der Waals surface area contributed by atoms with Crippen molar-refractivity contribution < 1.29 is 43.0 Å². The molecule has 0 spiro atoms. The van der Waals surface area contributed by atoms with Gasteiger partial charge in [-0.25, -0.2) is 0 Å². The van der Waals surface area contributed by atoms with Gasteiger partial charge in [-0.05, 0) is 6.08 Å². The van der Waals surface area contributed by atoms with Gasteiger partial charge in [-0.15, -0.1) is 0 Å². The number of benzene rings is 1. The molecular formula is C20H24N2O9. The zero-order valence-electron chi connectivity index (χ0n) is 17.5. The molecule has 0 heterocycles. The number of hydrogen-bond donors (Lipinski definition) is 0. The van der Waals surface area contributed by atoms with Gasteiger partial charge in [0, 0.05) is 44.9 Å². The fraction of sp³-hybridized carbons (Fsp3) is 0.400. The summed E-state index contributed by atoms with van der Waals surface area (Å²) >= 11 is 0. The lowest BCUT2D eigenvalue weighted by molar-refractivity contribution is -0.436. The van der Waals surface area contributed by atoms with Crippen LogP contribution in [-0.4, -0.2) is 53.7 Å². The molecule has 0 amide bonds. The summed E-state index contributed by atoms with van der Waals surface area (Å²) in [5, 5.41) is 15.7. The number of carbonyl (C=O) groups excluding carboxylic acids is 4. The largest absolute Gasteiger partial charge is 0.594 e. The van der Waals surface area contributed by atoms with Gasteiger partial charge < -0.3 is 24.2 Å². The molecule has 0 aliphatic heterocycles. The Bertz CT molecular complexity index is 836. The van der Waals surface area contributed by atoms with E-state index in [4.69, 9.17) is 18.9 Å². The Balaban J connectivity index is 3.23. The van der Waals surface area contributed by atoms with Crippen LogP contribution in [0.15, 0.2) is 47.7 Å². The number of para-hydroxylation sites is 1. The lowest BCUT2D eigenvalue weighted by Crippen LogP contribution is -2.46. The zero-order chi connectivity index (χ0) is 23.4. The van der Waals surface area contributed by atoms with E-state index in [1.807, 2.05) is 0 Å². The van der Waals surface area contributed by atoms with E-state index in [1.165, 1.54) is 18.2 Å². The second-order valence-corrected chi connectivity index (χ2v) is 6.16. The summed E-state index contributed by atoms with van der Waals surface area (Å²) in [6, 6.07) is 8.09. The third-order valence-corrected chi connectivity index (χ3v) is 3.49. The number of hydrogen-bond acceptors (Lipinski definition) is 10. The minimum Gasteiger partial charge on any atom is -0.594 e. The standard InChI is InChI=1S/C20H24N2O9/c1-13(23)28-12-19(30-15(3)25)20(31-16(4)26)18(29-14(2)24)10-11-21-22(27)17-8-6-5-7-9-17/h5-11,18-20H,12H2,1-4H3/b11-10+,22-21?. The van der Waals surface area contributed by atoms with Gasteiger partial charge in [0.1, 0.15) is 6.61 Å². The highest BCUT2D eigenvalue weighted by atomic mass is 16.6. The van der Waals surface area contributed by atoms with Crippen LogP contribution in [0.5, 0.6) is 0 Å². The minimum atomic E-state index is -1.38. The first kappa shape index (κ1) is 25.3. The second-order valence-electron chi connectivity index (χ2n) is 6.16. The van der Waals surface area contributed by atoms with Crippen LogP contribution in [0, 0.1) is 5.21 Å². The summed E-state index contributed by atoms with van der Waals surface area (Å²) < 4.78 is 20.3. The minimum absolute atomic E-state index is 0.250. The van der Waals surface area contributed by atoms with Crippen molar-refractivity contribution >= 4 is 29.6 Å². The molecule has 11 nitrogen and oxygen atoms in total. The Hall–Kier alpha value is -3.76. The third-order valence-electron chi connectivity index (χ3n) is 3.49. The van der Waals surface area contributed by atoms with Gasteiger partial charge in [0.25, 0.3) is 0 Å².